The van der Waals surface area contributed by atoms with Gasteiger partial charge in [0.15, 0.2) is 0 Å². The molecule has 0 spiro atoms. The fraction of sp³-hybridized carbons (Fsp3) is 0.667. The maximum Gasteiger partial charge on any atom is 0.324 e. The molecule has 0 radical (unpaired) electrons. The lowest BCUT2D eigenvalue weighted by molar-refractivity contribution is -0.380. The molecule has 2 unspecified atom stereocenters. The first-order chi connectivity index (χ1) is 8.63. The summed E-state index contributed by atoms with van der Waals surface area (Å²) in [5.41, 5.74) is 5.87. The zero-order chi connectivity index (χ0) is 13.1. The number of hydrogen-bond acceptors (Lipinski definition) is 5. The zero-order valence-electron chi connectivity index (χ0n) is 10.5. The van der Waals surface area contributed by atoms with Crippen molar-refractivity contribution >= 4 is 16.3 Å². The summed E-state index contributed by atoms with van der Waals surface area (Å²) in [5.74, 6) is 0.399. The molecule has 0 amide bonds. The summed E-state index contributed by atoms with van der Waals surface area (Å²) in [4.78, 5) is 13.8. The van der Waals surface area contributed by atoms with Gasteiger partial charge in [0, 0.05) is 17.0 Å². The van der Waals surface area contributed by atoms with Crippen LogP contribution in [0.1, 0.15) is 30.2 Å². The lowest BCUT2D eigenvalue weighted by atomic mass is 9.94. The van der Waals surface area contributed by atoms with Crippen molar-refractivity contribution in [1.29, 1.82) is 0 Å². The third-order valence-corrected chi connectivity index (χ3v) is 4.75. The van der Waals surface area contributed by atoms with Gasteiger partial charge in [0.05, 0.1) is 4.92 Å². The van der Waals surface area contributed by atoms with Crippen LogP contribution in [0.15, 0.2) is 12.1 Å². The Labute approximate surface area is 111 Å². The monoisotopic (exact) mass is 269 g/mol. The quantitative estimate of drug-likeness (QED) is 0.675. The predicted molar refractivity (Wildman–Crippen MR) is 72.7 cm³/mol. The minimum Gasteiger partial charge on any atom is -0.330 e. The molecule has 1 aromatic heterocycles. The van der Waals surface area contributed by atoms with Crippen molar-refractivity contribution in [3.8, 4) is 0 Å². The summed E-state index contributed by atoms with van der Waals surface area (Å²) in [6.45, 7) is 1.67. The zero-order valence-corrected chi connectivity index (χ0v) is 11.4. The van der Waals surface area contributed by atoms with Crippen LogP contribution in [0.4, 0.5) is 5.00 Å². The van der Waals surface area contributed by atoms with Gasteiger partial charge in [-0.05, 0) is 45.0 Å². The predicted octanol–water partition coefficient (Wildman–Crippen LogP) is 2.39. The van der Waals surface area contributed by atoms with E-state index in [-0.39, 0.29) is 16.0 Å². The highest BCUT2D eigenvalue weighted by atomic mass is 32.1. The summed E-state index contributed by atoms with van der Waals surface area (Å²) in [7, 11) is 2.09. The van der Waals surface area contributed by atoms with E-state index in [0.717, 1.165) is 17.8 Å². The van der Waals surface area contributed by atoms with Crippen LogP contribution >= 0.6 is 11.3 Å². The molecule has 1 aliphatic heterocycles. The standard InChI is InChI=1S/C12H19N3O2S/c1-14-7-3-2-4-9(8-13)12(14)10-5-6-11(18-10)15(16)17/h5-6,9,12H,2-4,7-8,13H2,1H3. The molecule has 1 aliphatic rings. The fourth-order valence-corrected chi connectivity index (χ4v) is 3.80. The van der Waals surface area contributed by atoms with Crippen LogP contribution in [0, 0.1) is 16.0 Å². The molecule has 1 aromatic rings. The molecule has 6 heteroatoms. The Morgan fingerprint density at radius 2 is 2.33 bits per heavy atom. The summed E-state index contributed by atoms with van der Waals surface area (Å²) >= 11 is 1.28. The summed E-state index contributed by atoms with van der Waals surface area (Å²) < 4.78 is 0. The SMILES string of the molecule is CN1CCCCC(CN)C1c1ccc([N+](=O)[O-])s1. The topological polar surface area (TPSA) is 72.4 Å². The number of nitro groups is 1. The molecule has 0 bridgehead atoms. The maximum absolute atomic E-state index is 10.8. The maximum atomic E-state index is 10.8. The van der Waals surface area contributed by atoms with E-state index in [0.29, 0.717) is 12.5 Å². The summed E-state index contributed by atoms with van der Waals surface area (Å²) in [6, 6.07) is 3.72. The molecule has 0 aromatic carbocycles. The first-order valence-corrected chi connectivity index (χ1v) is 7.09. The highest BCUT2D eigenvalue weighted by Gasteiger charge is 2.30. The molecule has 0 aliphatic carbocycles. The molecule has 2 N–H and O–H groups in total. The van der Waals surface area contributed by atoms with Gasteiger partial charge < -0.3 is 5.73 Å². The molecule has 2 rings (SSSR count). The lowest BCUT2D eigenvalue weighted by Gasteiger charge is -2.30. The van der Waals surface area contributed by atoms with E-state index in [9.17, 15) is 10.1 Å². The minimum absolute atomic E-state index is 0.221. The minimum atomic E-state index is -0.317. The van der Waals surface area contributed by atoms with Crippen LogP contribution in [0.25, 0.3) is 0 Å². The Morgan fingerprint density at radius 1 is 1.56 bits per heavy atom. The van der Waals surface area contributed by atoms with Gasteiger partial charge in [0.25, 0.3) is 0 Å². The van der Waals surface area contributed by atoms with Gasteiger partial charge in [-0.25, -0.2) is 0 Å². The molecule has 2 heterocycles. The number of likely N-dealkylation sites (tertiary alicyclic amines) is 1. The molecule has 1 saturated heterocycles. The number of rotatable bonds is 3. The normalized spacial score (nSPS) is 25.9. The Bertz CT molecular complexity index is 421. The third kappa shape index (κ3) is 2.71. The largest absolute Gasteiger partial charge is 0.330 e. The van der Waals surface area contributed by atoms with E-state index >= 15 is 0 Å². The average molecular weight is 269 g/mol. The Balaban J connectivity index is 2.27. The number of thiophene rings is 1. The van der Waals surface area contributed by atoms with Gasteiger partial charge in [-0.1, -0.05) is 17.8 Å². The smallest absolute Gasteiger partial charge is 0.324 e. The average Bonchev–Trinajstić information content (AvgIpc) is 2.74. The van der Waals surface area contributed by atoms with Crippen LogP contribution in [0.5, 0.6) is 0 Å². The van der Waals surface area contributed by atoms with Crippen LogP contribution in [0.2, 0.25) is 0 Å². The van der Waals surface area contributed by atoms with E-state index in [1.54, 1.807) is 6.07 Å². The van der Waals surface area contributed by atoms with Crippen molar-refractivity contribution in [3.05, 3.63) is 27.1 Å². The Kier molecular flexibility index (Phi) is 4.31. The molecule has 5 nitrogen and oxygen atoms in total. The molecular weight excluding hydrogens is 250 g/mol. The van der Waals surface area contributed by atoms with Crippen molar-refractivity contribution in [2.45, 2.75) is 25.3 Å². The summed E-state index contributed by atoms with van der Waals surface area (Å²) in [6.07, 6.45) is 3.48. The second-order valence-electron chi connectivity index (χ2n) is 4.85. The van der Waals surface area contributed by atoms with E-state index in [1.165, 1.54) is 24.2 Å². The van der Waals surface area contributed by atoms with Crippen molar-refractivity contribution < 1.29 is 4.92 Å². The van der Waals surface area contributed by atoms with Crippen molar-refractivity contribution in [2.75, 3.05) is 20.1 Å². The molecule has 2 atom stereocenters. The van der Waals surface area contributed by atoms with Gasteiger partial charge in [0.2, 0.25) is 0 Å². The number of nitrogens with zero attached hydrogens (tertiary/aromatic N) is 2. The first-order valence-electron chi connectivity index (χ1n) is 6.28. The molecule has 100 valence electrons. The van der Waals surface area contributed by atoms with Gasteiger partial charge in [0.1, 0.15) is 0 Å². The summed E-state index contributed by atoms with van der Waals surface area (Å²) in [5, 5.41) is 11.0. The third-order valence-electron chi connectivity index (χ3n) is 3.64. The lowest BCUT2D eigenvalue weighted by Crippen LogP contribution is -2.32. The second kappa shape index (κ2) is 5.77. The van der Waals surface area contributed by atoms with Crippen LogP contribution in [-0.4, -0.2) is 30.0 Å². The van der Waals surface area contributed by atoms with Gasteiger partial charge in [-0.15, -0.1) is 0 Å². The van der Waals surface area contributed by atoms with Gasteiger partial charge in [-0.2, -0.15) is 0 Å². The molecule has 0 saturated carbocycles. The number of hydrogen-bond donors (Lipinski definition) is 1. The highest BCUT2D eigenvalue weighted by molar-refractivity contribution is 7.15. The van der Waals surface area contributed by atoms with Crippen LogP contribution < -0.4 is 5.73 Å². The highest BCUT2D eigenvalue weighted by Crippen LogP contribution is 2.38. The van der Waals surface area contributed by atoms with E-state index in [2.05, 4.69) is 11.9 Å². The Morgan fingerprint density at radius 3 is 2.94 bits per heavy atom. The van der Waals surface area contributed by atoms with Gasteiger partial charge in [-0.3, -0.25) is 15.0 Å². The Hall–Kier alpha value is -0.980. The van der Waals surface area contributed by atoms with Crippen LogP contribution in [-0.2, 0) is 0 Å². The van der Waals surface area contributed by atoms with Crippen LogP contribution in [0.3, 0.4) is 0 Å². The fourth-order valence-electron chi connectivity index (χ4n) is 2.72. The molecule has 18 heavy (non-hydrogen) atoms. The van der Waals surface area contributed by atoms with Crippen molar-refractivity contribution in [3.63, 3.8) is 0 Å². The van der Waals surface area contributed by atoms with Crippen molar-refractivity contribution in [2.24, 2.45) is 11.7 Å². The van der Waals surface area contributed by atoms with E-state index in [1.807, 2.05) is 6.07 Å². The second-order valence-corrected chi connectivity index (χ2v) is 5.94. The molecular formula is C12H19N3O2S. The van der Waals surface area contributed by atoms with E-state index in [4.69, 9.17) is 5.73 Å². The van der Waals surface area contributed by atoms with E-state index < -0.39 is 0 Å². The number of nitrogens with two attached hydrogens (primary N) is 1. The first kappa shape index (κ1) is 13.5. The van der Waals surface area contributed by atoms with Gasteiger partial charge >= 0.3 is 5.00 Å². The van der Waals surface area contributed by atoms with Crippen molar-refractivity contribution in [1.82, 2.24) is 4.90 Å². The molecule has 1 fully saturated rings.